The van der Waals surface area contributed by atoms with Crippen molar-refractivity contribution in [1.29, 1.82) is 0 Å². The maximum atomic E-state index is 14.0. The molecule has 2 aromatic carbocycles. The molecule has 1 unspecified atom stereocenters. The Kier molecular flexibility index (Phi) is 4.57. The van der Waals surface area contributed by atoms with Crippen LogP contribution in [0.5, 0.6) is 11.5 Å². The molecule has 4 nitrogen and oxygen atoms in total. The fourth-order valence-electron chi connectivity index (χ4n) is 3.08. The minimum absolute atomic E-state index is 0.0975. The van der Waals surface area contributed by atoms with Crippen LogP contribution < -0.4 is 9.47 Å². The molecule has 0 fully saturated rings. The number of ether oxygens (including phenoxy) is 2. The Hall–Kier alpha value is -2.69. The first kappa shape index (κ1) is 17.1. The number of Topliss-reactive ketones (excluding diaryl/α,β-unsaturated/α-hetero) is 1. The molecule has 5 heteroatoms. The average Bonchev–Trinajstić information content (AvgIpc) is 2.87. The van der Waals surface area contributed by atoms with E-state index in [9.17, 15) is 14.0 Å². The van der Waals surface area contributed by atoms with Gasteiger partial charge >= 0.3 is 5.97 Å². The van der Waals surface area contributed by atoms with Crippen molar-refractivity contribution in [1.82, 2.24) is 0 Å². The van der Waals surface area contributed by atoms with E-state index in [1.807, 2.05) is 26.0 Å². The number of carbonyl (C=O) groups is 2. The van der Waals surface area contributed by atoms with Crippen LogP contribution in [0.3, 0.4) is 0 Å². The first-order valence-electron chi connectivity index (χ1n) is 8.13. The Morgan fingerprint density at radius 3 is 2.72 bits per heavy atom. The maximum Gasteiger partial charge on any atom is 0.349 e. The van der Waals surface area contributed by atoms with Crippen LogP contribution in [0.1, 0.15) is 46.3 Å². The molecule has 0 heterocycles. The normalized spacial score (nSPS) is 15.8. The van der Waals surface area contributed by atoms with Crippen molar-refractivity contribution < 1.29 is 23.5 Å². The van der Waals surface area contributed by atoms with Gasteiger partial charge in [-0.1, -0.05) is 19.1 Å². The summed E-state index contributed by atoms with van der Waals surface area (Å²) in [6, 6.07) is 8.11. The van der Waals surface area contributed by atoms with Gasteiger partial charge in [0.2, 0.25) is 0 Å². The Morgan fingerprint density at radius 2 is 1.96 bits per heavy atom. The quantitative estimate of drug-likeness (QED) is 0.620. The summed E-state index contributed by atoms with van der Waals surface area (Å²) >= 11 is 0. The Bertz CT molecular complexity index is 857. The average molecular weight is 342 g/mol. The highest BCUT2D eigenvalue weighted by Crippen LogP contribution is 2.39. The van der Waals surface area contributed by atoms with E-state index in [2.05, 4.69) is 0 Å². The summed E-state index contributed by atoms with van der Waals surface area (Å²) < 4.78 is 24.7. The van der Waals surface area contributed by atoms with Crippen molar-refractivity contribution in [3.63, 3.8) is 0 Å². The van der Waals surface area contributed by atoms with Gasteiger partial charge < -0.3 is 9.47 Å². The fourth-order valence-corrected chi connectivity index (χ4v) is 3.08. The van der Waals surface area contributed by atoms with Gasteiger partial charge in [-0.15, -0.1) is 0 Å². The number of halogens is 1. The first-order valence-corrected chi connectivity index (χ1v) is 8.13. The van der Waals surface area contributed by atoms with Crippen LogP contribution >= 0.6 is 0 Å². The molecule has 0 saturated heterocycles. The van der Waals surface area contributed by atoms with Gasteiger partial charge in [0, 0.05) is 12.0 Å². The molecule has 0 bridgehead atoms. The predicted molar refractivity (Wildman–Crippen MR) is 90.8 cm³/mol. The summed E-state index contributed by atoms with van der Waals surface area (Å²) in [6.07, 6.45) is 0.222. The van der Waals surface area contributed by atoms with Crippen LogP contribution in [0.15, 0.2) is 30.3 Å². The molecule has 0 aliphatic heterocycles. The number of aryl methyl sites for hydroxylation is 1. The zero-order valence-electron chi connectivity index (χ0n) is 14.4. The molecule has 0 spiro atoms. The topological polar surface area (TPSA) is 52.6 Å². The number of benzene rings is 2. The molecular weight excluding hydrogens is 323 g/mol. The zero-order chi connectivity index (χ0) is 18.1. The molecule has 3 rings (SSSR count). The highest BCUT2D eigenvalue weighted by atomic mass is 19.1. The Balaban J connectivity index is 1.74. The molecule has 0 radical (unpaired) electrons. The summed E-state index contributed by atoms with van der Waals surface area (Å²) in [5.41, 5.74) is 2.50. The van der Waals surface area contributed by atoms with Gasteiger partial charge in [-0.2, -0.15) is 0 Å². The van der Waals surface area contributed by atoms with E-state index in [0.29, 0.717) is 11.3 Å². The van der Waals surface area contributed by atoms with Gasteiger partial charge in [0.15, 0.2) is 12.4 Å². The summed E-state index contributed by atoms with van der Waals surface area (Å²) in [4.78, 5) is 24.2. The van der Waals surface area contributed by atoms with Crippen molar-refractivity contribution in [2.24, 2.45) is 0 Å². The van der Waals surface area contributed by atoms with Crippen molar-refractivity contribution in [2.45, 2.75) is 33.1 Å². The van der Waals surface area contributed by atoms with E-state index in [4.69, 9.17) is 9.47 Å². The number of ketones is 1. The summed E-state index contributed by atoms with van der Waals surface area (Å²) in [7, 11) is 0. The lowest BCUT2D eigenvalue weighted by molar-refractivity contribution is -0.136. The third-order valence-electron chi connectivity index (χ3n) is 4.54. The molecule has 130 valence electrons. The molecule has 1 aliphatic rings. The monoisotopic (exact) mass is 342 g/mol. The van der Waals surface area contributed by atoms with Crippen molar-refractivity contribution in [2.75, 3.05) is 6.61 Å². The van der Waals surface area contributed by atoms with E-state index in [1.54, 1.807) is 13.0 Å². The summed E-state index contributed by atoms with van der Waals surface area (Å²) in [5.74, 6) is -0.805. The second-order valence-corrected chi connectivity index (χ2v) is 6.32. The van der Waals surface area contributed by atoms with Crippen molar-refractivity contribution in [3.8, 4) is 11.5 Å². The molecule has 0 amide bonds. The van der Waals surface area contributed by atoms with Crippen molar-refractivity contribution in [3.05, 3.63) is 58.4 Å². The van der Waals surface area contributed by atoms with Gasteiger partial charge in [0.05, 0.1) is 5.56 Å². The molecule has 1 aliphatic carbocycles. The largest absolute Gasteiger partial charge is 0.482 e. The fraction of sp³-hybridized carbons (Fsp3) is 0.300. The highest BCUT2D eigenvalue weighted by molar-refractivity contribution is 6.04. The molecular formula is C20H19FO4. The lowest BCUT2D eigenvalue weighted by atomic mass is 10.0. The number of rotatable bonds is 4. The number of hydrogen-bond donors (Lipinski definition) is 0. The second-order valence-electron chi connectivity index (χ2n) is 6.32. The summed E-state index contributed by atoms with van der Waals surface area (Å²) in [6.45, 7) is 5.35. The van der Waals surface area contributed by atoms with E-state index < -0.39 is 11.8 Å². The molecule has 0 saturated carbocycles. The van der Waals surface area contributed by atoms with Crippen LogP contribution in [0.4, 0.5) is 4.39 Å². The predicted octanol–water partition coefficient (Wildman–Crippen LogP) is 4.12. The van der Waals surface area contributed by atoms with Crippen LogP contribution in [0, 0.1) is 19.7 Å². The van der Waals surface area contributed by atoms with E-state index >= 15 is 0 Å². The minimum atomic E-state index is -0.637. The molecule has 0 aromatic heterocycles. The van der Waals surface area contributed by atoms with E-state index in [1.165, 1.54) is 12.1 Å². The van der Waals surface area contributed by atoms with Crippen LogP contribution in [0.25, 0.3) is 0 Å². The van der Waals surface area contributed by atoms with Gasteiger partial charge in [-0.3, -0.25) is 4.79 Å². The SMILES string of the molecule is Cc1cccc(OCC(=O)Oc2ccc(F)c3c2C(=O)CC3C)c1C. The molecule has 25 heavy (non-hydrogen) atoms. The third kappa shape index (κ3) is 3.27. The van der Waals surface area contributed by atoms with E-state index in [-0.39, 0.29) is 36.0 Å². The maximum absolute atomic E-state index is 14.0. The number of hydrogen-bond acceptors (Lipinski definition) is 4. The number of carbonyl (C=O) groups excluding carboxylic acids is 2. The number of esters is 1. The van der Waals surface area contributed by atoms with Gasteiger partial charge in [0.1, 0.15) is 17.3 Å². The standard InChI is InChI=1S/C20H19FO4/c1-11-5-4-6-16(13(11)3)24-10-18(23)25-17-8-7-14(21)19-12(2)9-15(22)20(17)19/h4-8,12H,9-10H2,1-3H3. The van der Waals surface area contributed by atoms with Crippen LogP contribution in [-0.2, 0) is 4.79 Å². The molecule has 1 atom stereocenters. The lowest BCUT2D eigenvalue weighted by Crippen LogP contribution is -2.19. The Labute approximate surface area is 145 Å². The molecule has 2 aromatic rings. The second kappa shape index (κ2) is 6.67. The zero-order valence-corrected chi connectivity index (χ0v) is 14.4. The summed E-state index contributed by atoms with van der Waals surface area (Å²) in [5, 5.41) is 0. The molecule has 0 N–H and O–H groups in total. The number of fused-ring (bicyclic) bond motifs is 1. The Morgan fingerprint density at radius 1 is 1.20 bits per heavy atom. The minimum Gasteiger partial charge on any atom is -0.482 e. The third-order valence-corrected chi connectivity index (χ3v) is 4.54. The van der Waals surface area contributed by atoms with Gasteiger partial charge in [-0.05, 0) is 49.1 Å². The smallest absolute Gasteiger partial charge is 0.349 e. The van der Waals surface area contributed by atoms with Crippen LogP contribution in [-0.4, -0.2) is 18.4 Å². The van der Waals surface area contributed by atoms with Crippen LogP contribution in [0.2, 0.25) is 0 Å². The highest BCUT2D eigenvalue weighted by Gasteiger charge is 2.33. The van der Waals surface area contributed by atoms with Gasteiger partial charge in [0.25, 0.3) is 0 Å². The van der Waals surface area contributed by atoms with E-state index in [0.717, 1.165) is 11.1 Å². The van der Waals surface area contributed by atoms with Gasteiger partial charge in [-0.25, -0.2) is 9.18 Å². The van der Waals surface area contributed by atoms with Crippen molar-refractivity contribution >= 4 is 11.8 Å². The first-order chi connectivity index (χ1) is 11.9. The lowest BCUT2D eigenvalue weighted by Gasteiger charge is -2.12.